The molecular formula is C17H19FN2O2S. The lowest BCUT2D eigenvalue weighted by Gasteiger charge is -2.35. The van der Waals surface area contributed by atoms with Gasteiger partial charge in [-0.05, 0) is 31.2 Å². The summed E-state index contributed by atoms with van der Waals surface area (Å²) in [7, 11) is -3.77. The molecule has 4 nitrogen and oxygen atoms in total. The van der Waals surface area contributed by atoms with E-state index >= 15 is 0 Å². The Hall–Kier alpha value is -1.92. The Morgan fingerprint density at radius 3 is 2.13 bits per heavy atom. The van der Waals surface area contributed by atoms with Crippen molar-refractivity contribution in [2.24, 2.45) is 0 Å². The van der Waals surface area contributed by atoms with Gasteiger partial charge in [0.1, 0.15) is 10.7 Å². The summed E-state index contributed by atoms with van der Waals surface area (Å²) in [6.07, 6.45) is 0. The molecule has 2 aromatic rings. The monoisotopic (exact) mass is 334 g/mol. The Morgan fingerprint density at radius 2 is 1.52 bits per heavy atom. The van der Waals surface area contributed by atoms with Crippen LogP contribution in [0.1, 0.15) is 5.56 Å². The molecule has 1 saturated heterocycles. The number of anilines is 1. The number of hydrogen-bond acceptors (Lipinski definition) is 3. The van der Waals surface area contributed by atoms with Gasteiger partial charge < -0.3 is 4.90 Å². The third-order valence-corrected chi connectivity index (χ3v) is 6.02. The minimum absolute atomic E-state index is 0.246. The smallest absolute Gasteiger partial charge is 0.246 e. The van der Waals surface area contributed by atoms with Gasteiger partial charge in [-0.2, -0.15) is 4.31 Å². The Kier molecular flexibility index (Phi) is 4.37. The van der Waals surface area contributed by atoms with Crippen molar-refractivity contribution in [2.75, 3.05) is 31.1 Å². The highest BCUT2D eigenvalue weighted by Crippen LogP contribution is 2.22. The molecule has 0 atom stereocenters. The summed E-state index contributed by atoms with van der Waals surface area (Å²) >= 11 is 0. The molecule has 0 saturated carbocycles. The second-order valence-electron chi connectivity index (χ2n) is 5.66. The number of aryl methyl sites for hydroxylation is 1. The molecular weight excluding hydrogens is 315 g/mol. The van der Waals surface area contributed by atoms with E-state index in [0.29, 0.717) is 26.2 Å². The predicted molar refractivity (Wildman–Crippen MR) is 88.6 cm³/mol. The molecule has 0 amide bonds. The van der Waals surface area contributed by atoms with Gasteiger partial charge in [0.2, 0.25) is 10.0 Å². The fourth-order valence-electron chi connectivity index (χ4n) is 2.74. The van der Waals surface area contributed by atoms with Crippen molar-refractivity contribution in [1.82, 2.24) is 4.31 Å². The summed E-state index contributed by atoms with van der Waals surface area (Å²) in [5.74, 6) is -0.700. The summed E-state index contributed by atoms with van der Waals surface area (Å²) in [5.41, 5.74) is 2.27. The average Bonchev–Trinajstić information content (AvgIpc) is 2.56. The molecule has 0 aliphatic carbocycles. The number of hydrogen-bond donors (Lipinski definition) is 0. The predicted octanol–water partition coefficient (Wildman–Crippen LogP) is 2.65. The minimum Gasteiger partial charge on any atom is -0.369 e. The maximum atomic E-state index is 13.8. The fraction of sp³-hybridized carbons (Fsp3) is 0.294. The lowest BCUT2D eigenvalue weighted by molar-refractivity contribution is 0.382. The number of rotatable bonds is 3. The van der Waals surface area contributed by atoms with Gasteiger partial charge in [0.25, 0.3) is 0 Å². The minimum atomic E-state index is -3.77. The van der Waals surface area contributed by atoms with Crippen LogP contribution in [0, 0.1) is 12.7 Å². The van der Waals surface area contributed by atoms with E-state index in [2.05, 4.69) is 4.90 Å². The van der Waals surface area contributed by atoms with Crippen molar-refractivity contribution >= 4 is 15.7 Å². The normalized spacial score (nSPS) is 16.5. The summed E-state index contributed by atoms with van der Waals surface area (Å²) in [5, 5.41) is 0. The van der Waals surface area contributed by atoms with Gasteiger partial charge in [-0.1, -0.05) is 29.8 Å². The lowest BCUT2D eigenvalue weighted by atomic mass is 10.2. The lowest BCUT2D eigenvalue weighted by Crippen LogP contribution is -2.48. The van der Waals surface area contributed by atoms with Crippen LogP contribution in [-0.2, 0) is 10.0 Å². The van der Waals surface area contributed by atoms with Gasteiger partial charge in [-0.3, -0.25) is 0 Å². The molecule has 0 spiro atoms. The Balaban J connectivity index is 1.74. The summed E-state index contributed by atoms with van der Waals surface area (Å²) < 4.78 is 40.3. The second kappa shape index (κ2) is 6.29. The van der Waals surface area contributed by atoms with E-state index in [1.165, 1.54) is 28.1 Å². The molecule has 2 aromatic carbocycles. The van der Waals surface area contributed by atoms with Gasteiger partial charge in [-0.15, -0.1) is 0 Å². The van der Waals surface area contributed by atoms with E-state index in [-0.39, 0.29) is 4.90 Å². The highest BCUT2D eigenvalue weighted by molar-refractivity contribution is 7.89. The van der Waals surface area contributed by atoms with Crippen LogP contribution in [0.25, 0.3) is 0 Å². The molecule has 3 rings (SSSR count). The first kappa shape index (κ1) is 16.0. The van der Waals surface area contributed by atoms with Crippen molar-refractivity contribution in [1.29, 1.82) is 0 Å². The van der Waals surface area contributed by atoms with Crippen LogP contribution in [0.5, 0.6) is 0 Å². The number of benzene rings is 2. The zero-order valence-corrected chi connectivity index (χ0v) is 13.8. The first-order valence-electron chi connectivity index (χ1n) is 7.55. The van der Waals surface area contributed by atoms with Crippen LogP contribution in [0.4, 0.5) is 10.1 Å². The molecule has 1 aliphatic rings. The van der Waals surface area contributed by atoms with Crippen LogP contribution >= 0.6 is 0 Å². The molecule has 122 valence electrons. The Bertz CT molecular complexity index is 782. The summed E-state index contributed by atoms with van der Waals surface area (Å²) in [6, 6.07) is 13.7. The largest absolute Gasteiger partial charge is 0.369 e. The van der Waals surface area contributed by atoms with Gasteiger partial charge in [0, 0.05) is 31.9 Å². The Morgan fingerprint density at radius 1 is 0.913 bits per heavy atom. The highest BCUT2D eigenvalue weighted by Gasteiger charge is 2.30. The van der Waals surface area contributed by atoms with E-state index in [1.807, 2.05) is 31.2 Å². The standard InChI is InChI=1S/C17H19FN2O2S/c1-14-6-8-15(9-7-14)19-10-12-20(13-11-19)23(21,22)17-5-3-2-4-16(17)18/h2-9H,10-13H2,1H3. The number of nitrogens with zero attached hydrogens (tertiary/aromatic N) is 2. The topological polar surface area (TPSA) is 40.6 Å². The van der Waals surface area contributed by atoms with E-state index in [1.54, 1.807) is 6.07 Å². The van der Waals surface area contributed by atoms with E-state index in [9.17, 15) is 12.8 Å². The number of sulfonamides is 1. The zero-order chi connectivity index (χ0) is 16.4. The molecule has 6 heteroatoms. The average molecular weight is 334 g/mol. The van der Waals surface area contributed by atoms with Crippen LogP contribution in [-0.4, -0.2) is 38.9 Å². The first-order valence-corrected chi connectivity index (χ1v) is 8.99. The molecule has 1 fully saturated rings. The van der Waals surface area contributed by atoms with Crippen LogP contribution < -0.4 is 4.90 Å². The van der Waals surface area contributed by atoms with Gasteiger partial charge >= 0.3 is 0 Å². The van der Waals surface area contributed by atoms with Crippen LogP contribution in [0.2, 0.25) is 0 Å². The number of piperazine rings is 1. The summed E-state index contributed by atoms with van der Waals surface area (Å²) in [6.45, 7) is 3.92. The van der Waals surface area contributed by atoms with E-state index < -0.39 is 15.8 Å². The molecule has 0 aromatic heterocycles. The van der Waals surface area contributed by atoms with Gasteiger partial charge in [0.15, 0.2) is 0 Å². The van der Waals surface area contributed by atoms with Crippen molar-refractivity contribution in [3.8, 4) is 0 Å². The fourth-order valence-corrected chi connectivity index (χ4v) is 4.22. The first-order chi connectivity index (χ1) is 11.0. The third-order valence-electron chi connectivity index (χ3n) is 4.09. The molecule has 23 heavy (non-hydrogen) atoms. The third kappa shape index (κ3) is 3.23. The summed E-state index contributed by atoms with van der Waals surface area (Å²) in [4.78, 5) is 1.90. The van der Waals surface area contributed by atoms with Crippen LogP contribution in [0.3, 0.4) is 0 Å². The maximum absolute atomic E-state index is 13.8. The van der Waals surface area contributed by atoms with Gasteiger partial charge in [-0.25, -0.2) is 12.8 Å². The van der Waals surface area contributed by atoms with Crippen molar-refractivity contribution < 1.29 is 12.8 Å². The van der Waals surface area contributed by atoms with Crippen molar-refractivity contribution in [2.45, 2.75) is 11.8 Å². The Labute approximate surface area is 136 Å². The van der Waals surface area contributed by atoms with E-state index in [4.69, 9.17) is 0 Å². The van der Waals surface area contributed by atoms with Crippen molar-refractivity contribution in [3.05, 3.63) is 59.9 Å². The molecule has 1 heterocycles. The molecule has 0 N–H and O–H groups in total. The van der Waals surface area contributed by atoms with E-state index in [0.717, 1.165) is 5.69 Å². The number of halogens is 1. The van der Waals surface area contributed by atoms with Crippen LogP contribution in [0.15, 0.2) is 53.4 Å². The quantitative estimate of drug-likeness (QED) is 0.866. The molecule has 0 unspecified atom stereocenters. The SMILES string of the molecule is Cc1ccc(N2CCN(S(=O)(=O)c3ccccc3F)CC2)cc1. The van der Waals surface area contributed by atoms with Crippen molar-refractivity contribution in [3.63, 3.8) is 0 Å². The van der Waals surface area contributed by atoms with Gasteiger partial charge in [0.05, 0.1) is 0 Å². The molecule has 0 bridgehead atoms. The molecule has 1 aliphatic heterocycles. The molecule has 0 radical (unpaired) electrons. The maximum Gasteiger partial charge on any atom is 0.246 e. The second-order valence-corrected chi connectivity index (χ2v) is 7.56. The zero-order valence-electron chi connectivity index (χ0n) is 12.9. The highest BCUT2D eigenvalue weighted by atomic mass is 32.2.